The van der Waals surface area contributed by atoms with Crippen LogP contribution in [0.1, 0.15) is 50.1 Å². The first-order valence-corrected chi connectivity index (χ1v) is 12.6. The average Bonchev–Trinajstić information content (AvgIpc) is 3.43. The van der Waals surface area contributed by atoms with E-state index in [0.29, 0.717) is 44.9 Å². The number of fused-ring (bicyclic) bond motifs is 2. The van der Waals surface area contributed by atoms with E-state index in [4.69, 9.17) is 18.9 Å². The Bertz CT molecular complexity index is 1430. The van der Waals surface area contributed by atoms with E-state index in [2.05, 4.69) is 17.0 Å². The summed E-state index contributed by atoms with van der Waals surface area (Å²) in [5.74, 6) is 3.09. The molecule has 0 saturated carbocycles. The van der Waals surface area contributed by atoms with Crippen molar-refractivity contribution >= 4 is 22.4 Å². The Kier molecular flexibility index (Phi) is 6.85. The fraction of sp³-hybridized carbons (Fsp3) is 0.346. The van der Waals surface area contributed by atoms with E-state index in [1.165, 1.54) is 28.7 Å². The van der Waals surface area contributed by atoms with Crippen LogP contribution >= 0.6 is 11.3 Å². The quantitative estimate of drug-likeness (QED) is 0.324. The van der Waals surface area contributed by atoms with E-state index in [9.17, 15) is 4.79 Å². The maximum Gasteiger partial charge on any atom is 0.291 e. The van der Waals surface area contributed by atoms with Gasteiger partial charge in [0.15, 0.2) is 34.9 Å². The molecule has 1 atom stereocenters. The Morgan fingerprint density at radius 3 is 2.80 bits per heavy atom. The van der Waals surface area contributed by atoms with Gasteiger partial charge in [0, 0.05) is 0 Å². The van der Waals surface area contributed by atoms with E-state index in [1.807, 2.05) is 48.5 Å². The van der Waals surface area contributed by atoms with Crippen LogP contribution in [-0.4, -0.2) is 34.9 Å². The summed E-state index contributed by atoms with van der Waals surface area (Å²) >= 11 is 1.28. The summed E-state index contributed by atoms with van der Waals surface area (Å²) in [7, 11) is 1.61. The molecule has 0 radical (unpaired) electrons. The molecular formula is C26H27N3O5S. The minimum atomic E-state index is -0.470. The third kappa shape index (κ3) is 4.95. The molecule has 0 N–H and O–H groups in total. The molecule has 0 bridgehead atoms. The minimum absolute atomic E-state index is 0.226. The number of unbranched alkanes of at least 4 members (excludes halogenated alkanes) is 3. The number of ether oxygens (including phenoxy) is 4. The van der Waals surface area contributed by atoms with Crippen molar-refractivity contribution in [1.82, 2.24) is 14.6 Å². The summed E-state index contributed by atoms with van der Waals surface area (Å²) in [5, 5.41) is 4.41. The predicted molar refractivity (Wildman–Crippen MR) is 134 cm³/mol. The molecule has 2 aromatic carbocycles. The van der Waals surface area contributed by atoms with Gasteiger partial charge in [-0.25, -0.2) is 0 Å². The predicted octanol–water partition coefficient (Wildman–Crippen LogP) is 4.18. The first-order valence-electron chi connectivity index (χ1n) is 11.8. The van der Waals surface area contributed by atoms with Gasteiger partial charge in [-0.1, -0.05) is 55.7 Å². The zero-order valence-electron chi connectivity index (χ0n) is 19.7. The molecule has 3 heterocycles. The number of hydrogen-bond acceptors (Lipinski definition) is 8. The van der Waals surface area contributed by atoms with Crippen molar-refractivity contribution in [2.24, 2.45) is 0 Å². The second kappa shape index (κ2) is 10.4. The minimum Gasteiger partial charge on any atom is -0.493 e. The van der Waals surface area contributed by atoms with Crippen LogP contribution in [0.4, 0.5) is 0 Å². The maximum absolute atomic E-state index is 13.0. The van der Waals surface area contributed by atoms with Crippen LogP contribution in [0.15, 0.2) is 47.3 Å². The fourth-order valence-electron chi connectivity index (χ4n) is 3.89. The lowest BCUT2D eigenvalue weighted by Gasteiger charge is -2.24. The number of nitrogens with zero attached hydrogens (tertiary/aromatic N) is 3. The molecule has 0 saturated heterocycles. The van der Waals surface area contributed by atoms with Gasteiger partial charge in [0.25, 0.3) is 5.56 Å². The molecule has 1 aliphatic heterocycles. The Labute approximate surface area is 206 Å². The zero-order chi connectivity index (χ0) is 24.2. The van der Waals surface area contributed by atoms with Gasteiger partial charge in [0.1, 0.15) is 6.61 Å². The normalized spacial score (nSPS) is 15.5. The summed E-state index contributed by atoms with van der Waals surface area (Å²) < 4.78 is 25.0. The topological polar surface area (TPSA) is 84.2 Å². The van der Waals surface area contributed by atoms with Crippen LogP contribution < -0.4 is 29.0 Å². The van der Waals surface area contributed by atoms with E-state index < -0.39 is 6.10 Å². The SMILES string of the molecule is CCCCCCOc1ccc(/C=c2\sc3nc(C4COc5ccccc5O4)nn3c2=O)cc1OC. The highest BCUT2D eigenvalue weighted by Crippen LogP contribution is 2.35. The van der Waals surface area contributed by atoms with Crippen molar-refractivity contribution < 1.29 is 18.9 Å². The van der Waals surface area contributed by atoms with Crippen molar-refractivity contribution in [3.63, 3.8) is 0 Å². The highest BCUT2D eigenvalue weighted by Gasteiger charge is 2.27. The van der Waals surface area contributed by atoms with Crippen LogP contribution in [0.25, 0.3) is 11.0 Å². The lowest BCUT2D eigenvalue weighted by molar-refractivity contribution is 0.0852. The fourth-order valence-corrected chi connectivity index (χ4v) is 4.80. The van der Waals surface area contributed by atoms with Gasteiger partial charge in [-0.3, -0.25) is 4.79 Å². The van der Waals surface area contributed by atoms with Gasteiger partial charge in [0.2, 0.25) is 4.96 Å². The number of methoxy groups -OCH3 is 1. The monoisotopic (exact) mass is 493 g/mol. The molecule has 9 heteroatoms. The summed E-state index contributed by atoms with van der Waals surface area (Å²) in [6.07, 6.45) is 5.91. The Morgan fingerprint density at radius 1 is 1.14 bits per heavy atom. The van der Waals surface area contributed by atoms with E-state index >= 15 is 0 Å². The van der Waals surface area contributed by atoms with Gasteiger partial charge in [-0.15, -0.1) is 5.10 Å². The first kappa shape index (κ1) is 23.2. The van der Waals surface area contributed by atoms with E-state index in [1.54, 1.807) is 7.11 Å². The number of aromatic nitrogens is 3. The maximum atomic E-state index is 13.0. The average molecular weight is 494 g/mol. The number of benzene rings is 2. The van der Waals surface area contributed by atoms with Crippen LogP contribution in [0, 0.1) is 0 Å². The van der Waals surface area contributed by atoms with Gasteiger partial charge in [0.05, 0.1) is 18.2 Å². The van der Waals surface area contributed by atoms with Gasteiger partial charge >= 0.3 is 0 Å². The Morgan fingerprint density at radius 2 is 2.00 bits per heavy atom. The van der Waals surface area contributed by atoms with Crippen LogP contribution in [0.5, 0.6) is 23.0 Å². The Hall–Kier alpha value is -3.59. The molecule has 4 aromatic rings. The number of para-hydroxylation sites is 2. The summed E-state index contributed by atoms with van der Waals surface area (Å²) in [6, 6.07) is 13.1. The second-order valence-corrected chi connectivity index (χ2v) is 9.27. The summed E-state index contributed by atoms with van der Waals surface area (Å²) in [4.78, 5) is 18.0. The molecule has 8 nitrogen and oxygen atoms in total. The zero-order valence-corrected chi connectivity index (χ0v) is 20.5. The van der Waals surface area contributed by atoms with Crippen molar-refractivity contribution in [2.75, 3.05) is 20.3 Å². The number of hydrogen-bond donors (Lipinski definition) is 0. The smallest absolute Gasteiger partial charge is 0.291 e. The molecule has 1 aliphatic rings. The van der Waals surface area contributed by atoms with Crippen molar-refractivity contribution in [3.05, 3.63) is 68.7 Å². The van der Waals surface area contributed by atoms with E-state index in [-0.39, 0.29) is 12.2 Å². The molecule has 2 aromatic heterocycles. The molecular weight excluding hydrogens is 466 g/mol. The van der Waals surface area contributed by atoms with Gasteiger partial charge in [-0.05, 0) is 42.3 Å². The molecule has 0 fully saturated rings. The lowest BCUT2D eigenvalue weighted by Crippen LogP contribution is -2.26. The molecule has 5 rings (SSSR count). The summed E-state index contributed by atoms with van der Waals surface area (Å²) in [5.41, 5.74) is 0.610. The third-order valence-electron chi connectivity index (χ3n) is 5.74. The third-order valence-corrected chi connectivity index (χ3v) is 6.69. The lowest BCUT2D eigenvalue weighted by atomic mass is 10.2. The van der Waals surface area contributed by atoms with Crippen LogP contribution in [0.3, 0.4) is 0 Å². The van der Waals surface area contributed by atoms with Gasteiger partial charge in [-0.2, -0.15) is 9.50 Å². The van der Waals surface area contributed by atoms with Crippen molar-refractivity contribution in [3.8, 4) is 23.0 Å². The summed E-state index contributed by atoms with van der Waals surface area (Å²) in [6.45, 7) is 3.13. The molecule has 1 unspecified atom stereocenters. The Balaban J connectivity index is 1.34. The highest BCUT2D eigenvalue weighted by atomic mass is 32.1. The molecule has 35 heavy (non-hydrogen) atoms. The van der Waals surface area contributed by atoms with Crippen molar-refractivity contribution in [2.45, 2.75) is 38.7 Å². The molecule has 0 amide bonds. The first-order chi connectivity index (χ1) is 17.2. The van der Waals surface area contributed by atoms with Crippen molar-refractivity contribution in [1.29, 1.82) is 0 Å². The van der Waals surface area contributed by atoms with Crippen LogP contribution in [-0.2, 0) is 0 Å². The van der Waals surface area contributed by atoms with Gasteiger partial charge < -0.3 is 18.9 Å². The highest BCUT2D eigenvalue weighted by molar-refractivity contribution is 7.15. The largest absolute Gasteiger partial charge is 0.493 e. The molecule has 0 spiro atoms. The van der Waals surface area contributed by atoms with E-state index in [0.717, 1.165) is 18.4 Å². The van der Waals surface area contributed by atoms with Crippen LogP contribution in [0.2, 0.25) is 0 Å². The molecule has 0 aliphatic carbocycles. The number of thiazole rings is 1. The number of rotatable bonds is 9. The second-order valence-electron chi connectivity index (χ2n) is 8.26. The molecule has 182 valence electrons. The standard InChI is InChI=1S/C26H27N3O5S/c1-3-4-5-8-13-32-19-12-11-17(14-21(19)31-2)15-23-25(30)29-26(35-23)27-24(28-29)22-16-33-18-9-6-7-10-20(18)34-22/h6-7,9-12,14-15,22H,3-5,8,13,16H2,1-2H3/b23-15-.